The molecular formula is C76H118NO8+. The largest absolute Gasteiger partial charge is 0.477 e. The average Bonchev–Trinajstić information content (AvgIpc) is 3.48. The van der Waals surface area contributed by atoms with E-state index in [1.165, 1.54) is 32.1 Å². The lowest BCUT2D eigenvalue weighted by Gasteiger charge is -2.25. The van der Waals surface area contributed by atoms with Crippen LogP contribution >= 0.6 is 0 Å². The summed E-state index contributed by atoms with van der Waals surface area (Å²) in [5, 5.41) is 9.73. The molecule has 474 valence electrons. The van der Waals surface area contributed by atoms with E-state index in [0.717, 1.165) is 135 Å². The number of hydrogen-bond acceptors (Lipinski definition) is 7. The van der Waals surface area contributed by atoms with E-state index in [-0.39, 0.29) is 38.6 Å². The van der Waals surface area contributed by atoms with Crippen LogP contribution in [0.25, 0.3) is 0 Å². The first-order valence-corrected chi connectivity index (χ1v) is 32.6. The third-order valence-corrected chi connectivity index (χ3v) is 12.8. The van der Waals surface area contributed by atoms with Crippen LogP contribution < -0.4 is 0 Å². The van der Waals surface area contributed by atoms with Crippen molar-refractivity contribution in [2.24, 2.45) is 0 Å². The highest BCUT2D eigenvalue weighted by Gasteiger charge is 2.25. The van der Waals surface area contributed by atoms with E-state index in [1.807, 2.05) is 21.1 Å². The minimum Gasteiger partial charge on any atom is -0.477 e. The monoisotopic (exact) mass is 1170 g/mol. The van der Waals surface area contributed by atoms with Gasteiger partial charge in [-0.2, -0.15) is 0 Å². The number of aliphatic carboxylic acids is 1. The predicted octanol–water partition coefficient (Wildman–Crippen LogP) is 20.2. The standard InChI is InChI=1S/C76H117NO8/c1-6-8-10-12-14-16-18-20-22-24-26-28-30-32-34-36-37-39-40-42-44-46-48-50-52-54-56-58-60-62-64-66-73(78)83-70-72(71-84-76(75(80)81)82-69-68-77(3,4)5)85-74(79)67-65-63-61-59-57-55-53-51-49-47-45-43-41-38-35-33-31-29-27-25-23-21-19-17-15-13-11-9-7-2/h8-11,14-17,20-23,26-29,32-35,37,39,41-44,47,49,53,55,59,61,72,76H,6-7,12-13,18-19,24-25,30-31,36,38,40,45-46,48,50-52,54,56-58,60,62-71H2,1-5H3/p+1/b10-8-,11-9-,16-14-,17-15-,22-20-,23-21-,28-26-,29-27-,34-32-,35-33-,39-37-,43-41-,44-42-,49-47-,55-53-,61-59-. The molecule has 0 heterocycles. The van der Waals surface area contributed by atoms with Crippen LogP contribution in [0.15, 0.2) is 194 Å². The maximum atomic E-state index is 12.9. The molecule has 0 aromatic carbocycles. The topological polar surface area (TPSA) is 108 Å². The summed E-state index contributed by atoms with van der Waals surface area (Å²) in [5.41, 5.74) is 0. The fraction of sp³-hybridized carbons (Fsp3) is 0.539. The molecule has 0 fully saturated rings. The molecule has 0 spiro atoms. The summed E-state index contributed by atoms with van der Waals surface area (Å²) in [6.45, 7) is 4.54. The Morgan fingerprint density at radius 2 is 0.647 bits per heavy atom. The molecule has 0 bridgehead atoms. The van der Waals surface area contributed by atoms with Gasteiger partial charge in [-0.05, 0) is 135 Å². The lowest BCUT2D eigenvalue weighted by molar-refractivity contribution is -0.870. The molecule has 0 aliphatic heterocycles. The predicted molar refractivity (Wildman–Crippen MR) is 363 cm³/mol. The molecular weight excluding hydrogens is 1050 g/mol. The number of quaternary nitrogens is 1. The Balaban J connectivity index is 4.36. The summed E-state index contributed by atoms with van der Waals surface area (Å²) < 4.78 is 22.8. The van der Waals surface area contributed by atoms with Gasteiger partial charge in [0.05, 0.1) is 34.4 Å². The molecule has 9 heteroatoms. The van der Waals surface area contributed by atoms with Gasteiger partial charge < -0.3 is 28.5 Å². The van der Waals surface area contributed by atoms with Gasteiger partial charge in [0.25, 0.3) is 6.29 Å². The lowest BCUT2D eigenvalue weighted by atomic mass is 10.1. The minimum absolute atomic E-state index is 0.164. The highest BCUT2D eigenvalue weighted by atomic mass is 16.7. The molecule has 0 aromatic heterocycles. The molecule has 0 saturated heterocycles. The van der Waals surface area contributed by atoms with Gasteiger partial charge in [-0.15, -0.1) is 0 Å². The zero-order valence-corrected chi connectivity index (χ0v) is 53.9. The van der Waals surface area contributed by atoms with E-state index < -0.39 is 24.3 Å². The van der Waals surface area contributed by atoms with Crippen LogP contribution in [-0.4, -0.2) is 87.4 Å². The van der Waals surface area contributed by atoms with Gasteiger partial charge >= 0.3 is 17.9 Å². The quantitative estimate of drug-likeness (QED) is 0.0211. The minimum atomic E-state index is -1.54. The number of rotatable bonds is 57. The van der Waals surface area contributed by atoms with Crippen molar-refractivity contribution in [1.29, 1.82) is 0 Å². The molecule has 0 aromatic rings. The van der Waals surface area contributed by atoms with Gasteiger partial charge in [0.2, 0.25) is 0 Å². The van der Waals surface area contributed by atoms with E-state index in [1.54, 1.807) is 0 Å². The normalized spacial score (nSPS) is 14.0. The highest BCUT2D eigenvalue weighted by molar-refractivity contribution is 5.71. The molecule has 1 N–H and O–H groups in total. The molecule has 0 saturated carbocycles. The molecule has 0 amide bonds. The summed E-state index contributed by atoms with van der Waals surface area (Å²) in [6.07, 6.45) is 96.7. The van der Waals surface area contributed by atoms with E-state index in [0.29, 0.717) is 23.9 Å². The smallest absolute Gasteiger partial charge is 0.361 e. The molecule has 0 aliphatic carbocycles. The molecule has 85 heavy (non-hydrogen) atoms. The van der Waals surface area contributed by atoms with Crippen molar-refractivity contribution in [3.8, 4) is 0 Å². The average molecular weight is 1170 g/mol. The van der Waals surface area contributed by atoms with E-state index in [4.69, 9.17) is 18.9 Å². The third-order valence-electron chi connectivity index (χ3n) is 12.8. The number of nitrogens with zero attached hydrogens (tertiary/aromatic N) is 1. The zero-order chi connectivity index (χ0) is 61.9. The Labute approximate surface area is 519 Å². The van der Waals surface area contributed by atoms with Crippen molar-refractivity contribution in [3.05, 3.63) is 194 Å². The van der Waals surface area contributed by atoms with Crippen molar-refractivity contribution in [2.75, 3.05) is 47.5 Å². The van der Waals surface area contributed by atoms with Gasteiger partial charge in [0.15, 0.2) is 6.10 Å². The van der Waals surface area contributed by atoms with Gasteiger partial charge in [-0.1, -0.05) is 253 Å². The van der Waals surface area contributed by atoms with E-state index >= 15 is 0 Å². The second-order valence-electron chi connectivity index (χ2n) is 22.0. The van der Waals surface area contributed by atoms with Crippen LogP contribution in [0.3, 0.4) is 0 Å². The Hall–Kier alpha value is -5.87. The molecule has 0 aliphatic rings. The Bertz CT molecular complexity index is 2090. The van der Waals surface area contributed by atoms with Crippen LogP contribution in [0.2, 0.25) is 0 Å². The number of unbranched alkanes of at least 4 members (excludes halogenated alkanes) is 10. The van der Waals surface area contributed by atoms with Crippen LogP contribution in [0.5, 0.6) is 0 Å². The van der Waals surface area contributed by atoms with Gasteiger partial charge in [0.1, 0.15) is 13.2 Å². The molecule has 0 radical (unpaired) electrons. The summed E-state index contributed by atoms with van der Waals surface area (Å²) in [5.74, 6) is -2.12. The summed E-state index contributed by atoms with van der Waals surface area (Å²) in [4.78, 5) is 37.5. The maximum Gasteiger partial charge on any atom is 0.361 e. The summed E-state index contributed by atoms with van der Waals surface area (Å²) >= 11 is 0. The first-order valence-electron chi connectivity index (χ1n) is 32.6. The van der Waals surface area contributed by atoms with Gasteiger partial charge in [-0.3, -0.25) is 9.59 Å². The fourth-order valence-electron chi connectivity index (χ4n) is 7.93. The summed E-state index contributed by atoms with van der Waals surface area (Å²) in [6, 6.07) is 0. The number of carboxylic acid groups (broad SMARTS) is 1. The zero-order valence-electron chi connectivity index (χ0n) is 53.9. The summed E-state index contributed by atoms with van der Waals surface area (Å²) in [7, 11) is 5.93. The number of allylic oxidation sites excluding steroid dienone is 32. The number of likely N-dealkylation sites (N-methyl/N-ethyl adjacent to an activating group) is 1. The second-order valence-corrected chi connectivity index (χ2v) is 22.0. The third kappa shape index (κ3) is 65.5. The molecule has 2 unspecified atom stereocenters. The van der Waals surface area contributed by atoms with Crippen molar-refractivity contribution in [3.63, 3.8) is 0 Å². The number of hydrogen-bond donors (Lipinski definition) is 1. The lowest BCUT2D eigenvalue weighted by Crippen LogP contribution is -2.40. The fourth-order valence-corrected chi connectivity index (χ4v) is 7.93. The molecule has 2 atom stereocenters. The van der Waals surface area contributed by atoms with Crippen molar-refractivity contribution >= 4 is 17.9 Å². The number of carbonyl (C=O) groups is 3. The number of carboxylic acids is 1. The van der Waals surface area contributed by atoms with Crippen molar-refractivity contribution in [1.82, 2.24) is 0 Å². The molecule has 9 nitrogen and oxygen atoms in total. The number of carbonyl (C=O) groups excluding carboxylic acids is 2. The maximum absolute atomic E-state index is 12.9. The Kier molecular flexibility index (Phi) is 59.7. The van der Waals surface area contributed by atoms with Gasteiger partial charge in [-0.25, -0.2) is 4.79 Å². The van der Waals surface area contributed by atoms with E-state index in [2.05, 4.69) is 208 Å². The van der Waals surface area contributed by atoms with Crippen molar-refractivity contribution < 1.29 is 42.9 Å². The van der Waals surface area contributed by atoms with Crippen LogP contribution in [-0.2, 0) is 33.3 Å². The van der Waals surface area contributed by atoms with Crippen LogP contribution in [0.4, 0.5) is 0 Å². The number of esters is 2. The second kappa shape index (κ2) is 64.1. The van der Waals surface area contributed by atoms with Crippen molar-refractivity contribution in [2.45, 2.75) is 219 Å². The van der Waals surface area contributed by atoms with Crippen LogP contribution in [0, 0.1) is 0 Å². The van der Waals surface area contributed by atoms with Gasteiger partial charge in [0, 0.05) is 12.8 Å². The first kappa shape index (κ1) is 79.1. The van der Waals surface area contributed by atoms with E-state index in [9.17, 15) is 19.5 Å². The Morgan fingerprint density at radius 1 is 0.353 bits per heavy atom. The highest BCUT2D eigenvalue weighted by Crippen LogP contribution is 2.14. The molecule has 0 rings (SSSR count). The number of ether oxygens (including phenoxy) is 4. The van der Waals surface area contributed by atoms with Crippen LogP contribution in [0.1, 0.15) is 206 Å². The Morgan fingerprint density at radius 3 is 0.976 bits per heavy atom. The SMILES string of the molecule is CC/C=C\C/C=C\C/C=C\C/C=C\C/C=C\C/C=C\C/C=C\C/C=C\C/C=C\CCCC(=O)OC(COC(=O)CCCCCCCCCCC/C=C\C/C=C\C/C=C\C/C=C\C/C=C\C/C=C\C/C=C\CC)COC(OCC[N+](C)(C)C)C(=O)O. The first-order chi connectivity index (χ1) is 41.6.